The maximum atomic E-state index is 13.5. The summed E-state index contributed by atoms with van der Waals surface area (Å²) in [4.78, 5) is 28.3. The van der Waals surface area contributed by atoms with Crippen LogP contribution < -0.4 is 4.74 Å². The number of methoxy groups -OCH3 is 1. The van der Waals surface area contributed by atoms with Crippen molar-refractivity contribution in [1.82, 2.24) is 4.90 Å². The molecule has 6 heteroatoms. The molecule has 1 saturated carbocycles. The Morgan fingerprint density at radius 2 is 1.81 bits per heavy atom. The van der Waals surface area contributed by atoms with Gasteiger partial charge in [0.05, 0.1) is 18.7 Å². The highest BCUT2D eigenvalue weighted by atomic mass is 16.5. The minimum absolute atomic E-state index is 0.0114. The Morgan fingerprint density at radius 3 is 2.48 bits per heavy atom. The van der Waals surface area contributed by atoms with Crippen LogP contribution in [-0.4, -0.2) is 34.8 Å². The molecule has 1 N–H and O–H groups in total. The molecule has 1 fully saturated rings. The number of carbonyl (C=O) groups excluding carboxylic acids is 2. The van der Waals surface area contributed by atoms with Gasteiger partial charge in [0.15, 0.2) is 11.5 Å². The third kappa shape index (κ3) is 3.19. The summed E-state index contributed by atoms with van der Waals surface area (Å²) in [7, 11) is 1.58. The van der Waals surface area contributed by atoms with Gasteiger partial charge < -0.3 is 19.2 Å². The molecule has 31 heavy (non-hydrogen) atoms. The number of hydrogen-bond donors (Lipinski definition) is 1. The Kier molecular flexibility index (Phi) is 4.77. The van der Waals surface area contributed by atoms with Gasteiger partial charge in [-0.2, -0.15) is 0 Å². The normalized spacial score (nSPS) is 19.6. The molecule has 0 spiro atoms. The minimum Gasteiger partial charge on any atom is -0.503 e. The maximum absolute atomic E-state index is 13.5. The van der Waals surface area contributed by atoms with E-state index in [4.69, 9.17) is 9.15 Å². The lowest BCUT2D eigenvalue weighted by Crippen LogP contribution is -2.38. The number of carbonyl (C=O) groups is 2. The smallest absolute Gasteiger partial charge is 0.290 e. The monoisotopic (exact) mass is 417 g/mol. The van der Waals surface area contributed by atoms with Crippen LogP contribution in [0.15, 0.2) is 70.3 Å². The van der Waals surface area contributed by atoms with Crippen molar-refractivity contribution in [2.24, 2.45) is 0 Å². The maximum Gasteiger partial charge on any atom is 0.290 e. The number of ketones is 1. The van der Waals surface area contributed by atoms with Crippen molar-refractivity contribution in [1.29, 1.82) is 0 Å². The van der Waals surface area contributed by atoms with E-state index in [0.717, 1.165) is 36.6 Å². The first-order valence-corrected chi connectivity index (χ1v) is 10.5. The number of ether oxygens (including phenoxy) is 1. The summed E-state index contributed by atoms with van der Waals surface area (Å²) in [6, 6.07) is 15.6. The highest BCUT2D eigenvalue weighted by molar-refractivity contribution is 6.16. The molecular formula is C25H23NO5. The van der Waals surface area contributed by atoms with Crippen molar-refractivity contribution in [3.8, 4) is 5.75 Å². The molecule has 2 heterocycles. The summed E-state index contributed by atoms with van der Waals surface area (Å²) in [5.41, 5.74) is 1.41. The first kappa shape index (κ1) is 19.4. The van der Waals surface area contributed by atoms with Crippen LogP contribution in [0.4, 0.5) is 0 Å². The van der Waals surface area contributed by atoms with E-state index < -0.39 is 23.5 Å². The van der Waals surface area contributed by atoms with Crippen LogP contribution >= 0.6 is 0 Å². The number of benzene rings is 2. The average molecular weight is 417 g/mol. The standard InChI is InChI=1S/C25H23NO5/c1-30-18-12-10-15(11-13-18)22-21(24(28)25(29)26(22)17-7-3-4-8-17)23(27)20-14-16-6-2-5-9-19(16)31-20/h2,5-6,9-14,17,22,28H,3-4,7-8H2,1H3. The molecule has 2 aromatic carbocycles. The SMILES string of the molecule is COc1ccc(C2C(C(=O)c3cc4ccccc4o3)=C(O)C(=O)N2C2CCCC2)cc1. The van der Waals surface area contributed by atoms with Crippen LogP contribution in [0.5, 0.6) is 5.75 Å². The van der Waals surface area contributed by atoms with Gasteiger partial charge in [-0.15, -0.1) is 0 Å². The number of fused-ring (bicyclic) bond motifs is 1. The highest BCUT2D eigenvalue weighted by Crippen LogP contribution is 2.43. The van der Waals surface area contributed by atoms with E-state index in [1.807, 2.05) is 30.3 Å². The molecule has 1 unspecified atom stereocenters. The quantitative estimate of drug-likeness (QED) is 0.594. The van der Waals surface area contributed by atoms with Gasteiger partial charge >= 0.3 is 0 Å². The molecule has 3 aromatic rings. The van der Waals surface area contributed by atoms with E-state index in [2.05, 4.69) is 0 Å². The number of rotatable bonds is 5. The third-order valence-corrected chi connectivity index (χ3v) is 6.29. The molecule has 5 rings (SSSR count). The van der Waals surface area contributed by atoms with E-state index in [0.29, 0.717) is 11.3 Å². The van der Waals surface area contributed by atoms with Gasteiger partial charge in [-0.25, -0.2) is 0 Å². The molecule has 6 nitrogen and oxygen atoms in total. The Labute approximate surface area is 179 Å². The van der Waals surface area contributed by atoms with Crippen molar-refractivity contribution in [2.75, 3.05) is 7.11 Å². The fourth-order valence-electron chi connectivity index (χ4n) is 4.75. The van der Waals surface area contributed by atoms with Crippen LogP contribution in [0, 0.1) is 0 Å². The predicted molar refractivity (Wildman–Crippen MR) is 115 cm³/mol. The largest absolute Gasteiger partial charge is 0.503 e. The molecule has 158 valence electrons. The fraction of sp³-hybridized carbons (Fsp3) is 0.280. The van der Waals surface area contributed by atoms with E-state index >= 15 is 0 Å². The van der Waals surface area contributed by atoms with Crippen LogP contribution in [0.3, 0.4) is 0 Å². The molecule has 1 atom stereocenters. The lowest BCUT2D eigenvalue weighted by molar-refractivity contribution is -0.131. The number of nitrogens with zero attached hydrogens (tertiary/aromatic N) is 1. The average Bonchev–Trinajstić information content (AvgIpc) is 3.52. The zero-order chi connectivity index (χ0) is 21.5. The van der Waals surface area contributed by atoms with Gasteiger partial charge in [0.25, 0.3) is 5.91 Å². The molecule has 2 aliphatic rings. The van der Waals surface area contributed by atoms with E-state index in [1.54, 1.807) is 36.3 Å². The topological polar surface area (TPSA) is 80.0 Å². The van der Waals surface area contributed by atoms with Gasteiger partial charge in [0.1, 0.15) is 11.3 Å². The van der Waals surface area contributed by atoms with E-state index in [9.17, 15) is 14.7 Å². The fourth-order valence-corrected chi connectivity index (χ4v) is 4.75. The highest BCUT2D eigenvalue weighted by Gasteiger charge is 2.47. The summed E-state index contributed by atoms with van der Waals surface area (Å²) in [6.07, 6.45) is 3.77. The van der Waals surface area contributed by atoms with Gasteiger partial charge in [0, 0.05) is 11.4 Å². The summed E-state index contributed by atoms with van der Waals surface area (Å²) in [5.74, 6) is -0.657. The van der Waals surface area contributed by atoms with Gasteiger partial charge in [-0.1, -0.05) is 43.2 Å². The van der Waals surface area contributed by atoms with Gasteiger partial charge in [-0.05, 0) is 42.7 Å². The van der Waals surface area contributed by atoms with E-state index in [-0.39, 0.29) is 17.4 Å². The number of amides is 1. The van der Waals surface area contributed by atoms with Crippen molar-refractivity contribution in [2.45, 2.75) is 37.8 Å². The molecule has 0 saturated heterocycles. The zero-order valence-corrected chi connectivity index (χ0v) is 17.2. The molecular weight excluding hydrogens is 394 g/mol. The number of aliphatic hydroxyl groups excluding tert-OH is 1. The predicted octanol–water partition coefficient (Wildman–Crippen LogP) is 4.96. The van der Waals surface area contributed by atoms with Crippen LogP contribution in [0.25, 0.3) is 11.0 Å². The van der Waals surface area contributed by atoms with Gasteiger partial charge in [0.2, 0.25) is 5.78 Å². The van der Waals surface area contributed by atoms with Crippen LogP contribution in [0.1, 0.15) is 47.8 Å². The Bertz CT molecular complexity index is 1150. The summed E-state index contributed by atoms with van der Waals surface area (Å²) >= 11 is 0. The molecule has 1 aliphatic heterocycles. The molecule has 0 bridgehead atoms. The Hall–Kier alpha value is -3.54. The second-order valence-electron chi connectivity index (χ2n) is 8.07. The lowest BCUT2D eigenvalue weighted by Gasteiger charge is -2.32. The van der Waals surface area contributed by atoms with Crippen LogP contribution in [0.2, 0.25) is 0 Å². The Balaban J connectivity index is 1.61. The van der Waals surface area contributed by atoms with Crippen molar-refractivity contribution >= 4 is 22.7 Å². The molecule has 1 amide bonds. The Morgan fingerprint density at radius 1 is 1.10 bits per heavy atom. The first-order chi connectivity index (χ1) is 15.1. The van der Waals surface area contributed by atoms with Crippen molar-refractivity contribution in [3.63, 3.8) is 0 Å². The molecule has 0 radical (unpaired) electrons. The summed E-state index contributed by atoms with van der Waals surface area (Å²) in [5, 5.41) is 11.6. The first-order valence-electron chi connectivity index (χ1n) is 10.5. The second-order valence-corrected chi connectivity index (χ2v) is 8.07. The molecule has 1 aromatic heterocycles. The number of furan rings is 1. The summed E-state index contributed by atoms with van der Waals surface area (Å²) in [6.45, 7) is 0. The third-order valence-electron chi connectivity index (χ3n) is 6.29. The van der Waals surface area contributed by atoms with Crippen LogP contribution in [-0.2, 0) is 4.79 Å². The molecule has 1 aliphatic carbocycles. The number of aliphatic hydroxyl groups is 1. The lowest BCUT2D eigenvalue weighted by atomic mass is 9.94. The zero-order valence-electron chi connectivity index (χ0n) is 17.2. The van der Waals surface area contributed by atoms with Crippen molar-refractivity contribution in [3.05, 3.63) is 77.3 Å². The van der Waals surface area contributed by atoms with Gasteiger partial charge in [-0.3, -0.25) is 9.59 Å². The number of Topliss-reactive ketones (excluding diaryl/α,β-unsaturated/α-hetero) is 1. The van der Waals surface area contributed by atoms with Crippen molar-refractivity contribution < 1.29 is 23.8 Å². The minimum atomic E-state index is -0.665. The number of para-hydroxylation sites is 1. The second kappa shape index (κ2) is 7.61. The summed E-state index contributed by atoms with van der Waals surface area (Å²) < 4.78 is 11.0. The number of hydrogen-bond acceptors (Lipinski definition) is 5. The van der Waals surface area contributed by atoms with E-state index in [1.165, 1.54) is 0 Å².